The molecule has 0 aliphatic heterocycles. The molecule has 2 amide bonds. The second kappa shape index (κ2) is 12.1. The third-order valence-corrected chi connectivity index (χ3v) is 6.48. The van der Waals surface area contributed by atoms with Crippen LogP contribution in [0.3, 0.4) is 0 Å². The number of carbonyl (C=O) groups excluding carboxylic acids is 2. The number of imidazole rings is 1. The lowest BCUT2D eigenvalue weighted by Gasteiger charge is -2.21. The fourth-order valence-corrected chi connectivity index (χ4v) is 4.39. The van der Waals surface area contributed by atoms with Gasteiger partial charge in [-0.25, -0.2) is 4.98 Å². The molecule has 0 fully saturated rings. The molecule has 4 N–H and O–H groups in total. The van der Waals surface area contributed by atoms with Gasteiger partial charge in [-0.15, -0.1) is 0 Å². The molecule has 0 bridgehead atoms. The van der Waals surface area contributed by atoms with Crippen LogP contribution in [0.25, 0.3) is 16.9 Å². The van der Waals surface area contributed by atoms with E-state index in [0.29, 0.717) is 12.0 Å². The second-order valence-electron chi connectivity index (χ2n) is 10.3. The molecule has 0 saturated carbocycles. The minimum Gasteiger partial charge on any atom is -0.491 e. The molecule has 2 atom stereocenters. The van der Waals surface area contributed by atoms with Crippen LogP contribution >= 0.6 is 0 Å². The number of nitrogens with zero attached hydrogens (tertiary/aromatic N) is 2. The average molecular weight is 528 g/mol. The molecular weight excluding hydrogens is 490 g/mol. The summed E-state index contributed by atoms with van der Waals surface area (Å²) in [4.78, 5) is 30.1. The maximum absolute atomic E-state index is 13.2. The minimum absolute atomic E-state index is 0.0458. The Morgan fingerprint density at radius 1 is 1.03 bits per heavy atom. The monoisotopic (exact) mass is 527 g/mol. The highest BCUT2D eigenvalue weighted by Gasteiger charge is 2.18. The molecule has 8 nitrogen and oxygen atoms in total. The van der Waals surface area contributed by atoms with Gasteiger partial charge in [0, 0.05) is 30.1 Å². The Labute approximate surface area is 229 Å². The van der Waals surface area contributed by atoms with Crippen molar-refractivity contribution in [3.05, 3.63) is 89.2 Å². The van der Waals surface area contributed by atoms with Crippen molar-refractivity contribution in [2.24, 2.45) is 5.73 Å². The van der Waals surface area contributed by atoms with Crippen molar-refractivity contribution in [2.75, 3.05) is 6.54 Å². The number of fused-ring (bicyclic) bond motifs is 1. The quantitative estimate of drug-likeness (QED) is 0.286. The summed E-state index contributed by atoms with van der Waals surface area (Å²) >= 11 is 0. The molecule has 39 heavy (non-hydrogen) atoms. The highest BCUT2D eigenvalue weighted by atomic mass is 16.5. The molecule has 2 aromatic carbocycles. The van der Waals surface area contributed by atoms with Gasteiger partial charge in [0.05, 0.1) is 23.9 Å². The van der Waals surface area contributed by atoms with E-state index in [1.165, 1.54) is 0 Å². The summed E-state index contributed by atoms with van der Waals surface area (Å²) in [6.45, 7) is 9.78. The molecule has 0 radical (unpaired) electrons. The fourth-order valence-electron chi connectivity index (χ4n) is 4.39. The third kappa shape index (κ3) is 7.03. The topological polar surface area (TPSA) is 111 Å². The normalized spacial score (nSPS) is 12.8. The number of benzene rings is 2. The van der Waals surface area contributed by atoms with Crippen molar-refractivity contribution >= 4 is 17.5 Å². The predicted molar refractivity (Wildman–Crippen MR) is 154 cm³/mol. The van der Waals surface area contributed by atoms with Gasteiger partial charge >= 0.3 is 0 Å². The Hall–Kier alpha value is -4.17. The van der Waals surface area contributed by atoms with Gasteiger partial charge < -0.3 is 25.5 Å². The molecule has 204 valence electrons. The number of aryl methyl sites for hydroxylation is 2. The van der Waals surface area contributed by atoms with Gasteiger partial charge in [0.15, 0.2) is 0 Å². The first-order valence-electron chi connectivity index (χ1n) is 13.3. The highest BCUT2D eigenvalue weighted by molar-refractivity contribution is 5.95. The van der Waals surface area contributed by atoms with Crippen LogP contribution in [-0.2, 0) is 11.2 Å². The molecule has 0 aliphatic rings. The number of nitrogens with two attached hydrogens (primary N) is 1. The summed E-state index contributed by atoms with van der Waals surface area (Å²) in [7, 11) is 0. The standard InChI is InChI=1S/C31H37N5O3/c1-19(2)39-28-13-12-25(15-21(28)4)31(38)34-26(17-33-30(37)22(5)32)16-23-8-10-24(11-9-23)27-18-36-14-6-7-20(3)29(36)35-27/h6-15,18-19,22,26H,16-17,32H2,1-5H3,(H,33,37)(H,34,38)/t22-,26+/m1/s1. The Balaban J connectivity index is 1.49. The first kappa shape index (κ1) is 27.9. The van der Waals surface area contributed by atoms with Crippen LogP contribution in [0.5, 0.6) is 5.75 Å². The second-order valence-corrected chi connectivity index (χ2v) is 10.3. The highest BCUT2D eigenvalue weighted by Crippen LogP contribution is 2.22. The van der Waals surface area contributed by atoms with E-state index < -0.39 is 6.04 Å². The van der Waals surface area contributed by atoms with Gasteiger partial charge in [-0.3, -0.25) is 9.59 Å². The number of nitrogens with one attached hydrogen (secondary N) is 2. The Kier molecular flexibility index (Phi) is 8.66. The maximum Gasteiger partial charge on any atom is 0.251 e. The molecule has 4 aromatic rings. The van der Waals surface area contributed by atoms with Crippen LogP contribution in [0.4, 0.5) is 0 Å². The van der Waals surface area contributed by atoms with Crippen molar-refractivity contribution in [3.8, 4) is 17.0 Å². The first-order valence-corrected chi connectivity index (χ1v) is 13.3. The number of hydrogen-bond acceptors (Lipinski definition) is 5. The zero-order valence-electron chi connectivity index (χ0n) is 23.2. The van der Waals surface area contributed by atoms with Gasteiger partial charge in [0.25, 0.3) is 5.91 Å². The SMILES string of the molecule is Cc1cc(C(=O)N[C@H](CNC(=O)[C@@H](C)N)Cc2ccc(-c3cn4cccc(C)c4n3)cc2)ccc1OC(C)C. The van der Waals surface area contributed by atoms with Crippen molar-refractivity contribution in [1.29, 1.82) is 0 Å². The molecule has 0 unspecified atom stereocenters. The number of carbonyl (C=O) groups is 2. The number of pyridine rings is 1. The average Bonchev–Trinajstić information content (AvgIpc) is 3.34. The van der Waals surface area contributed by atoms with Gasteiger partial charge in [0.2, 0.25) is 5.91 Å². The van der Waals surface area contributed by atoms with Gasteiger partial charge in [-0.1, -0.05) is 30.3 Å². The zero-order chi connectivity index (χ0) is 28.1. The zero-order valence-corrected chi connectivity index (χ0v) is 23.2. The molecule has 4 rings (SSSR count). The summed E-state index contributed by atoms with van der Waals surface area (Å²) in [6.07, 6.45) is 4.58. The fraction of sp³-hybridized carbons (Fsp3) is 0.323. The van der Waals surface area contributed by atoms with Crippen LogP contribution in [0.2, 0.25) is 0 Å². The van der Waals surface area contributed by atoms with Crippen LogP contribution < -0.4 is 21.1 Å². The van der Waals surface area contributed by atoms with Gasteiger partial charge in [-0.2, -0.15) is 0 Å². The van der Waals surface area contributed by atoms with Gasteiger partial charge in [0.1, 0.15) is 11.4 Å². The lowest BCUT2D eigenvalue weighted by Crippen LogP contribution is -2.48. The number of ether oxygens (including phenoxy) is 1. The number of amides is 2. The van der Waals surface area contributed by atoms with Crippen LogP contribution in [-0.4, -0.2) is 45.9 Å². The largest absolute Gasteiger partial charge is 0.491 e. The van der Waals surface area contributed by atoms with Crippen molar-refractivity contribution in [3.63, 3.8) is 0 Å². The number of aromatic nitrogens is 2. The van der Waals surface area contributed by atoms with E-state index in [-0.39, 0.29) is 30.5 Å². The van der Waals surface area contributed by atoms with E-state index in [1.54, 1.807) is 13.0 Å². The van der Waals surface area contributed by atoms with Crippen molar-refractivity contribution in [1.82, 2.24) is 20.0 Å². The first-order chi connectivity index (χ1) is 18.6. The Morgan fingerprint density at radius 3 is 2.41 bits per heavy atom. The maximum atomic E-state index is 13.2. The smallest absolute Gasteiger partial charge is 0.251 e. The summed E-state index contributed by atoms with van der Waals surface area (Å²) in [5, 5.41) is 5.93. The molecular formula is C31H37N5O3. The lowest BCUT2D eigenvalue weighted by atomic mass is 10.0. The molecule has 0 saturated heterocycles. The molecule has 0 spiro atoms. The van der Waals surface area contributed by atoms with E-state index in [2.05, 4.69) is 10.6 Å². The Bertz CT molecular complexity index is 1460. The number of rotatable bonds is 10. The van der Waals surface area contributed by atoms with Crippen LogP contribution in [0, 0.1) is 13.8 Å². The van der Waals surface area contributed by atoms with Crippen molar-refractivity contribution in [2.45, 2.75) is 59.2 Å². The Morgan fingerprint density at radius 2 is 1.77 bits per heavy atom. The minimum atomic E-state index is -0.633. The lowest BCUT2D eigenvalue weighted by molar-refractivity contribution is -0.122. The third-order valence-electron chi connectivity index (χ3n) is 6.48. The summed E-state index contributed by atoms with van der Waals surface area (Å²) in [5.74, 6) is 0.270. The van der Waals surface area contributed by atoms with E-state index >= 15 is 0 Å². The van der Waals surface area contributed by atoms with E-state index in [9.17, 15) is 9.59 Å². The molecule has 2 heterocycles. The van der Waals surface area contributed by atoms with Crippen LogP contribution in [0.15, 0.2) is 67.0 Å². The van der Waals surface area contributed by atoms with E-state index in [0.717, 1.165) is 39.3 Å². The summed E-state index contributed by atoms with van der Waals surface area (Å²) < 4.78 is 7.82. The van der Waals surface area contributed by atoms with Gasteiger partial charge in [-0.05, 0) is 82.0 Å². The predicted octanol–water partition coefficient (Wildman–Crippen LogP) is 4.21. The molecule has 2 aromatic heterocycles. The number of hydrogen-bond donors (Lipinski definition) is 3. The van der Waals surface area contributed by atoms with E-state index in [1.807, 2.05) is 93.0 Å². The summed E-state index contributed by atoms with van der Waals surface area (Å²) in [6, 6.07) is 16.6. The molecule has 0 aliphatic carbocycles. The summed E-state index contributed by atoms with van der Waals surface area (Å²) in [5.41, 5.74) is 12.1. The van der Waals surface area contributed by atoms with Crippen molar-refractivity contribution < 1.29 is 14.3 Å². The van der Waals surface area contributed by atoms with Crippen LogP contribution in [0.1, 0.15) is 47.8 Å². The molecule has 8 heteroatoms. The van der Waals surface area contributed by atoms with E-state index in [4.69, 9.17) is 15.5 Å².